The predicted molar refractivity (Wildman–Crippen MR) is 135 cm³/mol. The molecule has 0 saturated heterocycles. The van der Waals surface area contributed by atoms with Crippen LogP contribution >= 0.6 is 17.0 Å². The SMILES string of the molecule is CC(C)c1cc2c(-c3ccccc3-c3ccccc3)c(C(C)(C)C)ccc2[cH-]1.[Cl][Zr][Cl]. The van der Waals surface area contributed by atoms with E-state index in [1.54, 1.807) is 0 Å². The van der Waals surface area contributed by atoms with Gasteiger partial charge in [0.2, 0.25) is 0 Å². The van der Waals surface area contributed by atoms with Crippen LogP contribution in [0.2, 0.25) is 0 Å². The van der Waals surface area contributed by atoms with Crippen LogP contribution in [0.3, 0.4) is 0 Å². The normalized spacial score (nSPS) is 11.4. The molecule has 0 heterocycles. The molecule has 160 valence electrons. The van der Waals surface area contributed by atoms with Crippen molar-refractivity contribution in [2.24, 2.45) is 0 Å². The second-order valence-corrected chi connectivity index (χ2v) is 12.9. The Hall–Kier alpha value is -1.27. The molecule has 0 radical (unpaired) electrons. The van der Waals surface area contributed by atoms with Crippen LogP contribution in [-0.4, -0.2) is 0 Å². The van der Waals surface area contributed by atoms with E-state index in [0.29, 0.717) is 5.92 Å². The average Bonchev–Trinajstić information content (AvgIpc) is 3.18. The number of halogens is 2. The Morgan fingerprint density at radius 3 is 1.97 bits per heavy atom. The Balaban J connectivity index is 0.000000858. The molecular formula is C28H29Cl2Zr-. The summed E-state index contributed by atoms with van der Waals surface area (Å²) in [6.45, 7) is 11.5. The van der Waals surface area contributed by atoms with Crippen LogP contribution in [0.5, 0.6) is 0 Å². The Morgan fingerprint density at radius 2 is 1.39 bits per heavy atom. The molecule has 31 heavy (non-hydrogen) atoms. The summed E-state index contributed by atoms with van der Waals surface area (Å²) in [6, 6.07) is 29.0. The van der Waals surface area contributed by atoms with Crippen LogP contribution < -0.4 is 0 Å². The minimum absolute atomic E-state index is 0.0720. The molecule has 0 aliphatic rings. The fourth-order valence-corrected chi connectivity index (χ4v) is 4.12. The summed E-state index contributed by atoms with van der Waals surface area (Å²) in [4.78, 5) is 0. The second-order valence-electron chi connectivity index (χ2n) is 9.17. The Morgan fingerprint density at radius 1 is 0.806 bits per heavy atom. The zero-order valence-electron chi connectivity index (χ0n) is 18.8. The first kappa shape index (κ1) is 24.4. The third-order valence-corrected chi connectivity index (χ3v) is 5.67. The van der Waals surface area contributed by atoms with Crippen LogP contribution in [0.25, 0.3) is 33.0 Å². The van der Waals surface area contributed by atoms with Crippen LogP contribution in [0.15, 0.2) is 78.9 Å². The van der Waals surface area contributed by atoms with Crippen molar-refractivity contribution >= 4 is 27.8 Å². The molecule has 4 rings (SSSR count). The maximum absolute atomic E-state index is 4.93. The summed E-state index contributed by atoms with van der Waals surface area (Å²) in [6.07, 6.45) is 0. The summed E-state index contributed by atoms with van der Waals surface area (Å²) in [7, 11) is 9.87. The van der Waals surface area contributed by atoms with E-state index < -0.39 is 20.8 Å². The van der Waals surface area contributed by atoms with Gasteiger partial charge in [0, 0.05) is 0 Å². The molecule has 0 fully saturated rings. The molecule has 0 aliphatic heterocycles. The molecule has 0 unspecified atom stereocenters. The van der Waals surface area contributed by atoms with Crippen molar-refractivity contribution in [3.05, 3.63) is 90.0 Å². The molecular weight excluding hydrogens is 498 g/mol. The third-order valence-electron chi connectivity index (χ3n) is 5.67. The van der Waals surface area contributed by atoms with E-state index in [9.17, 15) is 0 Å². The molecule has 4 aromatic rings. The van der Waals surface area contributed by atoms with E-state index >= 15 is 0 Å². The zero-order chi connectivity index (χ0) is 22.6. The monoisotopic (exact) mass is 525 g/mol. The quantitative estimate of drug-likeness (QED) is 0.233. The van der Waals surface area contributed by atoms with Crippen molar-refractivity contribution in [3.8, 4) is 22.3 Å². The van der Waals surface area contributed by atoms with E-state index in [-0.39, 0.29) is 5.41 Å². The van der Waals surface area contributed by atoms with Crippen LogP contribution in [0.4, 0.5) is 0 Å². The Labute approximate surface area is 205 Å². The van der Waals surface area contributed by atoms with Crippen molar-refractivity contribution in [2.75, 3.05) is 0 Å². The van der Waals surface area contributed by atoms with Gasteiger partial charge < -0.3 is 0 Å². The van der Waals surface area contributed by atoms with Crippen molar-refractivity contribution < 1.29 is 20.8 Å². The standard InChI is InChI=1S/C28H29.2ClH.Zr/c1-19(2)22-17-21-15-16-26(28(3,4)5)27(25(21)18-22)24-14-10-9-13-23(24)20-11-7-6-8-12-20;;;/h6-19H,1-5H3;2*1H;/q-1;;;+2/p-2. The molecule has 0 amide bonds. The van der Waals surface area contributed by atoms with E-state index in [1.165, 1.54) is 44.2 Å². The molecule has 0 N–H and O–H groups in total. The van der Waals surface area contributed by atoms with E-state index in [1.807, 2.05) is 0 Å². The Kier molecular flexibility index (Phi) is 8.31. The Bertz CT molecular complexity index is 1130. The van der Waals surface area contributed by atoms with Gasteiger partial charge in [0.15, 0.2) is 0 Å². The topological polar surface area (TPSA) is 0 Å². The number of hydrogen-bond donors (Lipinski definition) is 0. The summed E-state index contributed by atoms with van der Waals surface area (Å²) in [5.41, 5.74) is 8.17. The first-order valence-corrected chi connectivity index (χ1v) is 17.0. The molecule has 3 heteroatoms. The van der Waals surface area contributed by atoms with Gasteiger partial charge in [0.25, 0.3) is 0 Å². The van der Waals surface area contributed by atoms with Gasteiger partial charge in [-0.15, -0.1) is 34.5 Å². The van der Waals surface area contributed by atoms with Crippen molar-refractivity contribution in [1.29, 1.82) is 0 Å². The molecule has 0 bridgehead atoms. The van der Waals surface area contributed by atoms with Crippen molar-refractivity contribution in [3.63, 3.8) is 0 Å². The van der Waals surface area contributed by atoms with Crippen molar-refractivity contribution in [1.82, 2.24) is 0 Å². The number of fused-ring (bicyclic) bond motifs is 1. The molecule has 0 atom stereocenters. The van der Waals surface area contributed by atoms with E-state index in [2.05, 4.69) is 113 Å². The first-order chi connectivity index (χ1) is 14.8. The molecule has 0 spiro atoms. The number of rotatable bonds is 3. The summed E-state index contributed by atoms with van der Waals surface area (Å²) >= 11 is -0.826. The van der Waals surface area contributed by atoms with Gasteiger partial charge in [-0.1, -0.05) is 100 Å². The fourth-order valence-electron chi connectivity index (χ4n) is 4.12. The van der Waals surface area contributed by atoms with Gasteiger partial charge in [-0.05, 0) is 28.0 Å². The summed E-state index contributed by atoms with van der Waals surface area (Å²) in [5, 5.41) is 2.72. The van der Waals surface area contributed by atoms with E-state index in [4.69, 9.17) is 17.0 Å². The van der Waals surface area contributed by atoms with Gasteiger partial charge in [-0.2, -0.15) is 6.07 Å². The molecule has 0 aliphatic carbocycles. The molecule has 0 aromatic heterocycles. The van der Waals surface area contributed by atoms with Gasteiger partial charge >= 0.3 is 37.9 Å². The van der Waals surface area contributed by atoms with Crippen molar-refractivity contribution in [2.45, 2.75) is 46.0 Å². The van der Waals surface area contributed by atoms with Gasteiger partial charge in [-0.3, -0.25) is 0 Å². The molecule has 4 aromatic carbocycles. The maximum atomic E-state index is 4.93. The van der Waals surface area contributed by atoms with Crippen LogP contribution in [0, 0.1) is 0 Å². The average molecular weight is 528 g/mol. The number of hydrogen-bond acceptors (Lipinski definition) is 0. The summed E-state index contributed by atoms with van der Waals surface area (Å²) < 4.78 is 0. The molecule has 0 saturated carbocycles. The molecule has 0 nitrogen and oxygen atoms in total. The fraction of sp³-hybridized carbons (Fsp3) is 0.250. The van der Waals surface area contributed by atoms with Gasteiger partial charge in [0.1, 0.15) is 0 Å². The van der Waals surface area contributed by atoms with Gasteiger partial charge in [0.05, 0.1) is 0 Å². The van der Waals surface area contributed by atoms with Crippen LogP contribution in [-0.2, 0) is 26.3 Å². The second kappa shape index (κ2) is 10.6. The first-order valence-electron chi connectivity index (χ1n) is 10.6. The number of benzene rings is 3. The minimum atomic E-state index is -0.826. The third kappa shape index (κ3) is 5.57. The summed E-state index contributed by atoms with van der Waals surface area (Å²) in [5.74, 6) is 0.530. The van der Waals surface area contributed by atoms with Crippen LogP contribution in [0.1, 0.15) is 51.7 Å². The van der Waals surface area contributed by atoms with Gasteiger partial charge in [-0.25, -0.2) is 0 Å². The van der Waals surface area contributed by atoms with E-state index in [0.717, 1.165) is 0 Å². The predicted octanol–water partition coefficient (Wildman–Crippen LogP) is 9.69. The zero-order valence-corrected chi connectivity index (χ0v) is 22.8.